The number of nitrogens with two attached hydrogens (primary N) is 1. The number of H-pyrrole nitrogens is 1. The highest BCUT2D eigenvalue weighted by Gasteiger charge is 2.18. The number of rotatable bonds is 15. The molecule has 0 saturated carbocycles. The summed E-state index contributed by atoms with van der Waals surface area (Å²) >= 11 is 0. The predicted octanol–water partition coefficient (Wildman–Crippen LogP) is 3.20. The molecule has 1 aliphatic heterocycles. The van der Waals surface area contributed by atoms with Crippen LogP contribution in [0, 0.1) is 0 Å². The number of hydrogen-bond acceptors (Lipinski definition) is 7. The van der Waals surface area contributed by atoms with Crippen LogP contribution in [-0.2, 0) is 16.3 Å². The number of carbonyl (C=O) groups excluding carboxylic acids is 1. The molecule has 2 aromatic heterocycles. The first-order valence-electron chi connectivity index (χ1n) is 12.7. The third-order valence-electron chi connectivity index (χ3n) is 5.91. The van der Waals surface area contributed by atoms with E-state index in [4.69, 9.17) is 15.6 Å². The summed E-state index contributed by atoms with van der Waals surface area (Å²) in [7, 11) is 0. The van der Waals surface area contributed by atoms with Crippen LogP contribution in [0.15, 0.2) is 11.1 Å². The second kappa shape index (κ2) is 16.2. The summed E-state index contributed by atoms with van der Waals surface area (Å²) in [6.45, 7) is 4.59. The third-order valence-corrected chi connectivity index (χ3v) is 5.91. The lowest BCUT2D eigenvalue weighted by atomic mass is 10.1. The average molecular weight is 479 g/mol. The fourth-order valence-electron chi connectivity index (χ4n) is 4.02. The van der Waals surface area contributed by atoms with Gasteiger partial charge in [0.05, 0.1) is 19.5 Å². The third kappa shape index (κ3) is 9.80. The largest absolute Gasteiger partial charge is 0.394 e. The van der Waals surface area contributed by atoms with E-state index in [1.807, 2.05) is 4.90 Å². The van der Waals surface area contributed by atoms with E-state index in [0.717, 1.165) is 25.9 Å². The van der Waals surface area contributed by atoms with Gasteiger partial charge in [-0.2, -0.15) is 4.98 Å². The quantitative estimate of drug-likeness (QED) is 0.334. The van der Waals surface area contributed by atoms with E-state index < -0.39 is 0 Å². The summed E-state index contributed by atoms with van der Waals surface area (Å²) in [6, 6.07) is 0. The number of aliphatic hydroxyl groups excluding tert-OH is 1. The zero-order valence-electron chi connectivity index (χ0n) is 20.6. The first-order valence-corrected chi connectivity index (χ1v) is 12.7. The number of imidazole rings is 1. The first-order chi connectivity index (χ1) is 16.6. The molecular weight excluding hydrogens is 436 g/mol. The summed E-state index contributed by atoms with van der Waals surface area (Å²) in [5, 5.41) is 8.56. The monoisotopic (exact) mass is 478 g/mol. The first kappa shape index (κ1) is 27.8. The van der Waals surface area contributed by atoms with Crippen LogP contribution in [0.3, 0.4) is 0 Å². The minimum absolute atomic E-state index is 0.0291. The van der Waals surface area contributed by atoms with Crippen LogP contribution in [0.1, 0.15) is 84.0 Å². The molecule has 34 heavy (non-hydrogen) atoms. The Morgan fingerprint density at radius 2 is 1.76 bits per heavy atom. The number of anilines is 1. The van der Waals surface area contributed by atoms with E-state index in [2.05, 4.69) is 21.9 Å². The number of aromatic nitrogens is 4. The molecule has 0 aromatic carbocycles. The van der Waals surface area contributed by atoms with Crippen molar-refractivity contribution in [1.29, 1.82) is 0 Å². The van der Waals surface area contributed by atoms with E-state index in [1.54, 1.807) is 0 Å². The molecule has 3 rings (SSSR count). The van der Waals surface area contributed by atoms with Crippen molar-refractivity contribution in [2.45, 2.75) is 90.7 Å². The number of nitrogens with one attached hydrogen (secondary N) is 1. The molecule has 0 aliphatic carbocycles. The number of ether oxygens (including phenoxy) is 1. The fourth-order valence-corrected chi connectivity index (χ4v) is 4.02. The molecule has 1 aliphatic rings. The summed E-state index contributed by atoms with van der Waals surface area (Å²) in [6.07, 6.45) is 17.0. The summed E-state index contributed by atoms with van der Waals surface area (Å²) in [5.41, 5.74) is 5.60. The van der Waals surface area contributed by atoms with Crippen molar-refractivity contribution >= 4 is 23.0 Å². The highest BCUT2D eigenvalue weighted by Crippen LogP contribution is 2.13. The van der Waals surface area contributed by atoms with Crippen LogP contribution < -0.4 is 11.3 Å². The van der Waals surface area contributed by atoms with Crippen LogP contribution in [-0.4, -0.2) is 61.7 Å². The number of amides is 1. The van der Waals surface area contributed by atoms with Crippen molar-refractivity contribution in [2.75, 3.05) is 32.0 Å². The molecule has 1 amide bonds. The Bertz CT molecular complexity index is 897. The molecule has 0 bridgehead atoms. The van der Waals surface area contributed by atoms with Gasteiger partial charge in [-0.05, 0) is 12.8 Å². The normalized spacial score (nSPS) is 13.5. The number of unbranched alkanes of at least 4 members (excludes halogenated alkanes) is 9. The molecule has 0 unspecified atom stereocenters. The smallest absolute Gasteiger partial charge is 0.280 e. The number of aliphatic hydroxyl groups is 1. The van der Waals surface area contributed by atoms with Gasteiger partial charge in [0.15, 0.2) is 11.2 Å². The minimum atomic E-state index is -0.386. The van der Waals surface area contributed by atoms with Gasteiger partial charge in [0.25, 0.3) is 5.56 Å². The Hall–Kier alpha value is -2.46. The van der Waals surface area contributed by atoms with Crippen LogP contribution in [0.25, 0.3) is 11.2 Å². The molecule has 192 valence electrons. The van der Waals surface area contributed by atoms with Crippen molar-refractivity contribution in [2.24, 2.45) is 0 Å². The maximum absolute atomic E-state index is 11.4. The second-order valence-corrected chi connectivity index (χ2v) is 8.77. The van der Waals surface area contributed by atoms with Crippen LogP contribution in [0.2, 0.25) is 0 Å². The molecule has 10 nitrogen and oxygen atoms in total. The average Bonchev–Trinajstić information content (AvgIpc) is 3.42. The van der Waals surface area contributed by atoms with Crippen LogP contribution in [0.5, 0.6) is 0 Å². The van der Waals surface area contributed by atoms with Crippen molar-refractivity contribution in [3.05, 3.63) is 16.7 Å². The lowest BCUT2D eigenvalue weighted by molar-refractivity contribution is -0.127. The van der Waals surface area contributed by atoms with E-state index in [-0.39, 0.29) is 37.0 Å². The topological polar surface area (TPSA) is 139 Å². The Morgan fingerprint density at radius 1 is 1.09 bits per heavy atom. The van der Waals surface area contributed by atoms with Crippen molar-refractivity contribution in [1.82, 2.24) is 24.4 Å². The van der Waals surface area contributed by atoms with E-state index in [0.29, 0.717) is 11.6 Å². The minimum Gasteiger partial charge on any atom is -0.394 e. The second-order valence-electron chi connectivity index (χ2n) is 8.77. The molecule has 1 saturated heterocycles. The molecular formula is C24H42N6O4. The number of fused-ring (bicyclic) bond motifs is 1. The number of aromatic amines is 1. The van der Waals surface area contributed by atoms with Crippen molar-refractivity contribution in [3.8, 4) is 0 Å². The van der Waals surface area contributed by atoms with Gasteiger partial charge in [0.2, 0.25) is 11.9 Å². The van der Waals surface area contributed by atoms with Crippen molar-refractivity contribution < 1.29 is 14.6 Å². The molecule has 0 atom stereocenters. The maximum Gasteiger partial charge on any atom is 0.280 e. The van der Waals surface area contributed by atoms with Gasteiger partial charge in [-0.25, -0.2) is 4.98 Å². The number of nitrogens with zero attached hydrogens (tertiary/aromatic N) is 4. The summed E-state index contributed by atoms with van der Waals surface area (Å²) in [4.78, 5) is 35.0. The van der Waals surface area contributed by atoms with Gasteiger partial charge in [0.1, 0.15) is 6.73 Å². The van der Waals surface area contributed by atoms with Gasteiger partial charge in [0, 0.05) is 19.5 Å². The molecule has 4 N–H and O–H groups in total. The number of likely N-dealkylation sites (tertiary alicyclic amines) is 1. The molecule has 1 fully saturated rings. The van der Waals surface area contributed by atoms with Gasteiger partial charge in [-0.1, -0.05) is 64.7 Å². The zero-order chi connectivity index (χ0) is 24.6. The maximum atomic E-state index is 11.4. The number of carbonyl (C=O) groups is 1. The lowest BCUT2D eigenvalue weighted by Crippen LogP contribution is -2.25. The van der Waals surface area contributed by atoms with E-state index >= 15 is 0 Å². The molecule has 2 aromatic rings. The summed E-state index contributed by atoms with van der Waals surface area (Å²) < 4.78 is 6.63. The van der Waals surface area contributed by atoms with E-state index in [1.165, 1.54) is 75.1 Å². The Balaban J connectivity index is 0.000000241. The Morgan fingerprint density at radius 3 is 2.38 bits per heavy atom. The Kier molecular flexibility index (Phi) is 13.2. The summed E-state index contributed by atoms with van der Waals surface area (Å²) in [5.74, 6) is 0.410. The van der Waals surface area contributed by atoms with Crippen molar-refractivity contribution in [3.63, 3.8) is 0 Å². The standard InChI is InChI=1S/C16H31NO.C8H11N5O3/c1-2-3-4-5-6-7-8-9-10-11-14-17-15-12-13-16(17)18;9-8-11-6-5(7(15)12-8)10-3-13(6)4-16-2-1-14/h2-15H2,1H3;3,14H,1-2,4H2,(H3,9,11,12,15). The molecule has 0 radical (unpaired) electrons. The molecule has 0 spiro atoms. The van der Waals surface area contributed by atoms with Gasteiger partial charge >= 0.3 is 0 Å². The van der Waals surface area contributed by atoms with E-state index in [9.17, 15) is 9.59 Å². The predicted molar refractivity (Wildman–Crippen MR) is 133 cm³/mol. The highest BCUT2D eigenvalue weighted by atomic mass is 16.5. The lowest BCUT2D eigenvalue weighted by Gasteiger charge is -2.14. The number of hydrogen-bond donors (Lipinski definition) is 3. The zero-order valence-corrected chi connectivity index (χ0v) is 20.6. The molecule has 10 heteroatoms. The fraction of sp³-hybridized carbons (Fsp3) is 0.750. The highest BCUT2D eigenvalue weighted by molar-refractivity contribution is 5.78. The SMILES string of the molecule is CCCCCCCCCCCCN1CCCC1=O.Nc1nc2c(ncn2COCCO)c(=O)[nH]1. The van der Waals surface area contributed by atoms with Crippen LogP contribution in [0.4, 0.5) is 5.95 Å². The van der Waals surface area contributed by atoms with Gasteiger partial charge in [-0.3, -0.25) is 19.1 Å². The van der Waals surface area contributed by atoms with Gasteiger partial charge in [-0.15, -0.1) is 0 Å². The number of nitrogen functional groups attached to an aromatic ring is 1. The van der Waals surface area contributed by atoms with Crippen LogP contribution >= 0.6 is 0 Å². The molecule has 3 heterocycles. The van der Waals surface area contributed by atoms with Gasteiger partial charge < -0.3 is 20.5 Å². The Labute approximate surface area is 201 Å².